The zero-order valence-corrected chi connectivity index (χ0v) is 11.2. The Morgan fingerprint density at radius 2 is 1.80 bits per heavy atom. The van der Waals surface area contributed by atoms with E-state index in [4.69, 9.17) is 16.2 Å². The second kappa shape index (κ2) is 5.97. The first-order chi connectivity index (χ1) is 9.60. The zero-order chi connectivity index (χ0) is 14.5. The van der Waals surface area contributed by atoms with Gasteiger partial charge < -0.3 is 21.5 Å². The summed E-state index contributed by atoms with van der Waals surface area (Å²) < 4.78 is 5.37. The van der Waals surface area contributed by atoms with E-state index in [1.807, 2.05) is 31.2 Å². The molecule has 0 unspecified atom stereocenters. The number of carbonyl (C=O) groups is 1. The number of ether oxygens (including phenoxy) is 1. The van der Waals surface area contributed by atoms with Gasteiger partial charge in [0, 0.05) is 17.1 Å². The average molecular weight is 271 g/mol. The van der Waals surface area contributed by atoms with Crippen LogP contribution in [0.2, 0.25) is 0 Å². The number of anilines is 3. The van der Waals surface area contributed by atoms with Gasteiger partial charge in [0.25, 0.3) is 5.91 Å². The molecule has 0 saturated carbocycles. The molecule has 2 aromatic carbocycles. The fourth-order valence-corrected chi connectivity index (χ4v) is 1.82. The first-order valence-electron chi connectivity index (χ1n) is 6.29. The normalized spacial score (nSPS) is 10.1. The van der Waals surface area contributed by atoms with Gasteiger partial charge in [0.15, 0.2) is 0 Å². The molecular weight excluding hydrogens is 254 g/mol. The van der Waals surface area contributed by atoms with Crippen LogP contribution in [0, 0.1) is 0 Å². The van der Waals surface area contributed by atoms with Crippen molar-refractivity contribution in [2.75, 3.05) is 17.7 Å². The molecule has 0 heterocycles. The van der Waals surface area contributed by atoms with Crippen LogP contribution >= 0.6 is 0 Å². The Morgan fingerprint density at radius 1 is 1.15 bits per heavy atom. The summed E-state index contributed by atoms with van der Waals surface area (Å²) in [6, 6.07) is 12.6. The molecule has 0 atom stereocenters. The van der Waals surface area contributed by atoms with Gasteiger partial charge in [-0.25, -0.2) is 0 Å². The molecule has 0 aliphatic heterocycles. The number of nitrogens with two attached hydrogens (primary N) is 2. The van der Waals surface area contributed by atoms with E-state index in [9.17, 15) is 4.79 Å². The van der Waals surface area contributed by atoms with E-state index >= 15 is 0 Å². The van der Waals surface area contributed by atoms with Gasteiger partial charge in [0.05, 0.1) is 12.2 Å². The van der Waals surface area contributed by atoms with Crippen molar-refractivity contribution < 1.29 is 9.53 Å². The summed E-state index contributed by atoms with van der Waals surface area (Å²) >= 11 is 0. The Hall–Kier alpha value is -2.69. The number of amides is 1. The number of nitrogens with one attached hydrogen (secondary N) is 1. The van der Waals surface area contributed by atoms with E-state index in [1.54, 1.807) is 18.2 Å². The van der Waals surface area contributed by atoms with Crippen molar-refractivity contribution in [3.63, 3.8) is 0 Å². The molecule has 5 heteroatoms. The smallest absolute Gasteiger partial charge is 0.250 e. The molecule has 0 aromatic heterocycles. The van der Waals surface area contributed by atoms with E-state index in [1.165, 1.54) is 0 Å². The van der Waals surface area contributed by atoms with Crippen LogP contribution in [0.15, 0.2) is 42.5 Å². The molecule has 0 aliphatic carbocycles. The number of nitrogen functional groups attached to an aromatic ring is 1. The van der Waals surface area contributed by atoms with Crippen LogP contribution in [0.1, 0.15) is 17.3 Å². The van der Waals surface area contributed by atoms with Crippen molar-refractivity contribution in [1.29, 1.82) is 0 Å². The van der Waals surface area contributed by atoms with Crippen LogP contribution in [0.3, 0.4) is 0 Å². The highest BCUT2D eigenvalue weighted by atomic mass is 16.5. The van der Waals surface area contributed by atoms with E-state index < -0.39 is 5.91 Å². The summed E-state index contributed by atoms with van der Waals surface area (Å²) in [5.41, 5.74) is 13.3. The summed E-state index contributed by atoms with van der Waals surface area (Å²) in [6.45, 7) is 2.57. The second-order valence-electron chi connectivity index (χ2n) is 4.25. The van der Waals surface area contributed by atoms with Crippen LogP contribution in [-0.2, 0) is 0 Å². The largest absolute Gasteiger partial charge is 0.494 e. The maximum absolute atomic E-state index is 11.2. The molecule has 0 aliphatic rings. The summed E-state index contributed by atoms with van der Waals surface area (Å²) in [5, 5.41) is 3.18. The number of primary amides is 1. The third kappa shape index (κ3) is 3.20. The first kappa shape index (κ1) is 13.7. The zero-order valence-electron chi connectivity index (χ0n) is 11.2. The third-order valence-electron chi connectivity index (χ3n) is 2.77. The van der Waals surface area contributed by atoms with Crippen LogP contribution in [0.25, 0.3) is 0 Å². The monoisotopic (exact) mass is 271 g/mol. The van der Waals surface area contributed by atoms with Gasteiger partial charge in [0.1, 0.15) is 5.75 Å². The molecule has 2 rings (SSSR count). The predicted molar refractivity (Wildman–Crippen MR) is 80.3 cm³/mol. The molecular formula is C15H17N3O2. The van der Waals surface area contributed by atoms with Gasteiger partial charge in [-0.3, -0.25) is 4.79 Å². The quantitative estimate of drug-likeness (QED) is 0.729. The molecule has 5 N–H and O–H groups in total. The maximum atomic E-state index is 11.2. The summed E-state index contributed by atoms with van der Waals surface area (Å²) in [7, 11) is 0. The fourth-order valence-electron chi connectivity index (χ4n) is 1.82. The van der Waals surface area contributed by atoms with Gasteiger partial charge >= 0.3 is 0 Å². The lowest BCUT2D eigenvalue weighted by Gasteiger charge is -2.10. The van der Waals surface area contributed by atoms with Gasteiger partial charge in [-0.2, -0.15) is 0 Å². The lowest BCUT2D eigenvalue weighted by molar-refractivity contribution is 0.100. The van der Waals surface area contributed by atoms with Crippen molar-refractivity contribution in [3.8, 4) is 5.75 Å². The van der Waals surface area contributed by atoms with Crippen LogP contribution in [-0.4, -0.2) is 12.5 Å². The summed E-state index contributed by atoms with van der Waals surface area (Å²) in [6.07, 6.45) is 0. The SMILES string of the molecule is CCOc1ccc(Nc2ccc(N)c(C(N)=O)c2)cc1. The molecule has 0 radical (unpaired) electrons. The predicted octanol–water partition coefficient (Wildman–Crippen LogP) is 2.51. The topological polar surface area (TPSA) is 90.4 Å². The molecule has 1 amide bonds. The van der Waals surface area contributed by atoms with Crippen LogP contribution < -0.4 is 21.5 Å². The highest BCUT2D eigenvalue weighted by Crippen LogP contribution is 2.23. The number of carbonyl (C=O) groups excluding carboxylic acids is 1. The number of benzene rings is 2. The minimum Gasteiger partial charge on any atom is -0.494 e. The van der Waals surface area contributed by atoms with Crippen molar-refractivity contribution >= 4 is 23.0 Å². The van der Waals surface area contributed by atoms with Gasteiger partial charge in [0.2, 0.25) is 0 Å². The molecule has 0 fully saturated rings. The Balaban J connectivity index is 2.17. The van der Waals surface area contributed by atoms with Crippen molar-refractivity contribution in [1.82, 2.24) is 0 Å². The van der Waals surface area contributed by atoms with Gasteiger partial charge in [-0.1, -0.05) is 0 Å². The Labute approximate surface area is 117 Å². The van der Waals surface area contributed by atoms with Crippen LogP contribution in [0.4, 0.5) is 17.1 Å². The number of rotatable bonds is 5. The molecule has 2 aromatic rings. The fraction of sp³-hybridized carbons (Fsp3) is 0.133. The molecule has 0 saturated heterocycles. The highest BCUT2D eigenvalue weighted by Gasteiger charge is 2.06. The summed E-state index contributed by atoms with van der Waals surface area (Å²) in [4.78, 5) is 11.2. The third-order valence-corrected chi connectivity index (χ3v) is 2.77. The van der Waals surface area contributed by atoms with Crippen molar-refractivity contribution in [2.24, 2.45) is 5.73 Å². The lowest BCUT2D eigenvalue weighted by atomic mass is 10.1. The van der Waals surface area contributed by atoms with E-state index in [0.29, 0.717) is 17.9 Å². The highest BCUT2D eigenvalue weighted by molar-refractivity contribution is 5.99. The Kier molecular flexibility index (Phi) is 4.10. The molecule has 5 nitrogen and oxygen atoms in total. The Morgan fingerprint density at radius 3 is 2.40 bits per heavy atom. The van der Waals surface area contributed by atoms with Gasteiger partial charge in [-0.15, -0.1) is 0 Å². The van der Waals surface area contributed by atoms with Crippen molar-refractivity contribution in [3.05, 3.63) is 48.0 Å². The second-order valence-corrected chi connectivity index (χ2v) is 4.25. The van der Waals surface area contributed by atoms with E-state index in [0.717, 1.165) is 17.1 Å². The lowest BCUT2D eigenvalue weighted by Crippen LogP contribution is -2.13. The number of hydrogen-bond acceptors (Lipinski definition) is 4. The summed E-state index contributed by atoms with van der Waals surface area (Å²) in [5.74, 6) is 0.269. The minimum absolute atomic E-state index is 0.306. The molecule has 0 bridgehead atoms. The maximum Gasteiger partial charge on any atom is 0.250 e. The number of hydrogen-bond donors (Lipinski definition) is 3. The standard InChI is InChI=1S/C15H17N3O2/c1-2-20-12-6-3-10(4-7-12)18-11-5-8-14(16)13(9-11)15(17)19/h3-9,18H,2,16H2,1H3,(H2,17,19). The van der Waals surface area contributed by atoms with Crippen molar-refractivity contribution in [2.45, 2.75) is 6.92 Å². The van der Waals surface area contributed by atoms with E-state index in [2.05, 4.69) is 5.32 Å². The van der Waals surface area contributed by atoms with Gasteiger partial charge in [-0.05, 0) is 49.4 Å². The van der Waals surface area contributed by atoms with E-state index in [-0.39, 0.29) is 0 Å². The minimum atomic E-state index is -0.544. The van der Waals surface area contributed by atoms with Crippen LogP contribution in [0.5, 0.6) is 5.75 Å². The molecule has 20 heavy (non-hydrogen) atoms. The average Bonchev–Trinajstić information content (AvgIpc) is 2.43. The molecule has 104 valence electrons. The molecule has 0 spiro atoms. The Bertz CT molecular complexity index is 609. The first-order valence-corrected chi connectivity index (χ1v) is 6.29.